The first-order valence-corrected chi connectivity index (χ1v) is 11.4. The third-order valence-corrected chi connectivity index (χ3v) is 5.90. The molecule has 0 unspecified atom stereocenters. The van der Waals surface area contributed by atoms with Gasteiger partial charge < -0.3 is 4.90 Å². The van der Waals surface area contributed by atoms with E-state index >= 15 is 0 Å². The van der Waals surface area contributed by atoms with E-state index in [9.17, 15) is 9.59 Å². The Morgan fingerprint density at radius 3 is 2.18 bits per heavy atom. The van der Waals surface area contributed by atoms with E-state index < -0.39 is 11.7 Å². The summed E-state index contributed by atoms with van der Waals surface area (Å²) in [6.45, 7) is 6.31. The highest BCUT2D eigenvalue weighted by atomic mass is 16.2. The van der Waals surface area contributed by atoms with Crippen molar-refractivity contribution in [3.63, 3.8) is 0 Å². The Morgan fingerprint density at radius 2 is 1.53 bits per heavy atom. The summed E-state index contributed by atoms with van der Waals surface area (Å²) in [6.07, 6.45) is 4.35. The second-order valence-corrected chi connectivity index (χ2v) is 8.31. The van der Waals surface area contributed by atoms with Gasteiger partial charge in [-0.1, -0.05) is 55.5 Å². The third-order valence-electron chi connectivity index (χ3n) is 5.90. The SMILES string of the molecule is CCc1ccc(CN(Cc2cccnc2)C(=O)C(=O)c2c(C)nn(-c3ccccc3)c2C)cc1. The predicted molar refractivity (Wildman–Crippen MR) is 132 cm³/mol. The van der Waals surface area contributed by atoms with Crippen molar-refractivity contribution in [3.8, 4) is 5.69 Å². The fourth-order valence-corrected chi connectivity index (χ4v) is 4.05. The monoisotopic (exact) mass is 452 g/mol. The smallest absolute Gasteiger partial charge is 0.295 e. The van der Waals surface area contributed by atoms with Crippen LogP contribution in [0.5, 0.6) is 0 Å². The summed E-state index contributed by atoms with van der Waals surface area (Å²) < 4.78 is 1.71. The van der Waals surface area contributed by atoms with Crippen LogP contribution in [0.15, 0.2) is 79.1 Å². The molecule has 0 saturated heterocycles. The minimum Gasteiger partial charge on any atom is -0.327 e. The van der Waals surface area contributed by atoms with Crippen LogP contribution < -0.4 is 0 Å². The molecule has 2 aromatic heterocycles. The molecule has 172 valence electrons. The maximum absolute atomic E-state index is 13.5. The molecule has 0 atom stereocenters. The van der Waals surface area contributed by atoms with Gasteiger partial charge in [0, 0.05) is 25.5 Å². The van der Waals surface area contributed by atoms with Gasteiger partial charge in [0.25, 0.3) is 11.7 Å². The molecule has 34 heavy (non-hydrogen) atoms. The standard InChI is InChI=1S/C28H28N4O2/c1-4-22-12-14-23(15-13-22)18-31(19-24-9-8-16-29-17-24)28(34)27(33)26-20(2)30-32(21(26)3)25-10-6-5-7-11-25/h5-17H,4,18-19H2,1-3H3. The topological polar surface area (TPSA) is 68.1 Å². The van der Waals surface area contributed by atoms with Gasteiger partial charge >= 0.3 is 0 Å². The van der Waals surface area contributed by atoms with E-state index in [0.717, 1.165) is 23.2 Å². The largest absolute Gasteiger partial charge is 0.327 e. The second kappa shape index (κ2) is 10.3. The average molecular weight is 453 g/mol. The molecule has 6 heteroatoms. The summed E-state index contributed by atoms with van der Waals surface area (Å²) in [5.74, 6) is -1.10. The number of aromatic nitrogens is 3. The number of amides is 1. The maximum atomic E-state index is 13.5. The van der Waals surface area contributed by atoms with E-state index in [4.69, 9.17) is 0 Å². The zero-order valence-corrected chi connectivity index (χ0v) is 19.7. The molecule has 0 fully saturated rings. The van der Waals surface area contributed by atoms with Crippen LogP contribution in [0.25, 0.3) is 5.69 Å². The van der Waals surface area contributed by atoms with Gasteiger partial charge in [0.1, 0.15) is 0 Å². The van der Waals surface area contributed by atoms with Crippen molar-refractivity contribution >= 4 is 11.7 Å². The van der Waals surface area contributed by atoms with Gasteiger partial charge in [0.2, 0.25) is 0 Å². The molecule has 1 amide bonds. The lowest BCUT2D eigenvalue weighted by molar-refractivity contribution is -0.127. The molecule has 0 spiro atoms. The number of aryl methyl sites for hydroxylation is 2. The van der Waals surface area contributed by atoms with E-state index in [1.54, 1.807) is 28.9 Å². The molecule has 4 rings (SSSR count). The van der Waals surface area contributed by atoms with Crippen LogP contribution in [0.2, 0.25) is 0 Å². The number of nitrogens with zero attached hydrogens (tertiary/aromatic N) is 4. The predicted octanol–water partition coefficient (Wildman–Crippen LogP) is 4.86. The molecule has 2 heterocycles. The lowest BCUT2D eigenvalue weighted by Gasteiger charge is -2.22. The summed E-state index contributed by atoms with van der Waals surface area (Å²) in [5.41, 5.74) is 5.44. The first kappa shape index (κ1) is 23.1. The van der Waals surface area contributed by atoms with Gasteiger partial charge in [-0.05, 0) is 55.2 Å². The molecule has 0 N–H and O–H groups in total. The quantitative estimate of drug-likeness (QED) is 0.283. The lowest BCUT2D eigenvalue weighted by Crippen LogP contribution is -2.36. The van der Waals surface area contributed by atoms with E-state index in [1.807, 2.05) is 61.5 Å². The average Bonchev–Trinajstić information content (AvgIpc) is 3.18. The highest BCUT2D eigenvalue weighted by Gasteiger charge is 2.29. The van der Waals surface area contributed by atoms with Gasteiger partial charge in [0.05, 0.1) is 22.6 Å². The molecule has 0 radical (unpaired) electrons. The number of hydrogen-bond donors (Lipinski definition) is 0. The summed E-state index contributed by atoms with van der Waals surface area (Å²) >= 11 is 0. The van der Waals surface area contributed by atoms with Crippen LogP contribution in [-0.2, 0) is 24.3 Å². The molecule has 0 bridgehead atoms. The molecule has 0 aliphatic heterocycles. The van der Waals surface area contributed by atoms with Crippen molar-refractivity contribution in [2.24, 2.45) is 0 Å². The van der Waals surface area contributed by atoms with Crippen molar-refractivity contribution in [1.82, 2.24) is 19.7 Å². The Kier molecular flexibility index (Phi) is 6.97. The number of Topliss-reactive ketones (excluding diaryl/α,β-unsaturated/α-hetero) is 1. The van der Waals surface area contributed by atoms with E-state index in [2.05, 4.69) is 29.1 Å². The molecular formula is C28H28N4O2. The number of ketones is 1. The zero-order valence-electron chi connectivity index (χ0n) is 19.7. The molecule has 2 aromatic carbocycles. The number of carbonyl (C=O) groups excluding carboxylic acids is 2. The van der Waals surface area contributed by atoms with Crippen molar-refractivity contribution in [2.45, 2.75) is 40.3 Å². The molecule has 0 aliphatic rings. The molecule has 6 nitrogen and oxygen atoms in total. The van der Waals surface area contributed by atoms with Gasteiger partial charge in [-0.2, -0.15) is 5.10 Å². The minimum absolute atomic E-state index is 0.291. The van der Waals surface area contributed by atoms with Crippen molar-refractivity contribution < 1.29 is 9.59 Å². The van der Waals surface area contributed by atoms with Crippen LogP contribution in [0.3, 0.4) is 0 Å². The summed E-state index contributed by atoms with van der Waals surface area (Å²) in [5, 5.41) is 4.55. The zero-order chi connectivity index (χ0) is 24.1. The second-order valence-electron chi connectivity index (χ2n) is 8.31. The molecule has 0 aliphatic carbocycles. The lowest BCUT2D eigenvalue weighted by atomic mass is 10.1. The van der Waals surface area contributed by atoms with Crippen molar-refractivity contribution in [1.29, 1.82) is 0 Å². The number of rotatable bonds is 8. The fraction of sp³-hybridized carbons (Fsp3) is 0.214. The maximum Gasteiger partial charge on any atom is 0.295 e. The van der Waals surface area contributed by atoms with Crippen LogP contribution in [0, 0.1) is 13.8 Å². The van der Waals surface area contributed by atoms with Gasteiger partial charge in [0.15, 0.2) is 0 Å². The Balaban J connectivity index is 1.65. The fourth-order valence-electron chi connectivity index (χ4n) is 4.05. The third kappa shape index (κ3) is 4.96. The number of hydrogen-bond acceptors (Lipinski definition) is 4. The first-order valence-electron chi connectivity index (χ1n) is 11.4. The highest BCUT2D eigenvalue weighted by molar-refractivity contribution is 6.43. The van der Waals surface area contributed by atoms with E-state index in [-0.39, 0.29) is 0 Å². The van der Waals surface area contributed by atoms with Crippen molar-refractivity contribution in [2.75, 3.05) is 0 Å². The van der Waals surface area contributed by atoms with Crippen LogP contribution >= 0.6 is 0 Å². The van der Waals surface area contributed by atoms with Crippen LogP contribution in [0.1, 0.15) is 45.4 Å². The molecular weight excluding hydrogens is 424 g/mol. The number of para-hydroxylation sites is 1. The van der Waals surface area contributed by atoms with E-state index in [0.29, 0.717) is 30.0 Å². The van der Waals surface area contributed by atoms with Gasteiger partial charge in [-0.15, -0.1) is 0 Å². The van der Waals surface area contributed by atoms with Crippen LogP contribution in [0.4, 0.5) is 0 Å². The minimum atomic E-state index is -0.553. The Labute approximate surface area is 199 Å². The number of carbonyl (C=O) groups is 2. The summed E-state index contributed by atoms with van der Waals surface area (Å²) in [6, 6.07) is 21.5. The summed E-state index contributed by atoms with van der Waals surface area (Å²) in [7, 11) is 0. The van der Waals surface area contributed by atoms with E-state index in [1.165, 1.54) is 5.56 Å². The van der Waals surface area contributed by atoms with Crippen LogP contribution in [-0.4, -0.2) is 31.4 Å². The normalized spacial score (nSPS) is 10.8. The highest BCUT2D eigenvalue weighted by Crippen LogP contribution is 2.21. The van der Waals surface area contributed by atoms with Gasteiger partial charge in [-0.3, -0.25) is 14.6 Å². The number of benzene rings is 2. The molecule has 4 aromatic rings. The number of pyridine rings is 1. The Bertz CT molecular complexity index is 1280. The van der Waals surface area contributed by atoms with Crippen molar-refractivity contribution in [3.05, 3.63) is 113 Å². The molecule has 0 saturated carbocycles. The summed E-state index contributed by atoms with van der Waals surface area (Å²) in [4.78, 5) is 32.8. The Hall–Kier alpha value is -4.06. The van der Waals surface area contributed by atoms with Gasteiger partial charge in [-0.25, -0.2) is 4.68 Å². The first-order chi connectivity index (χ1) is 16.5. The Morgan fingerprint density at radius 1 is 0.853 bits per heavy atom.